The first kappa shape index (κ1) is 12.0. The van der Waals surface area contributed by atoms with Gasteiger partial charge in [-0.2, -0.15) is 5.10 Å². The number of aromatic nitrogens is 2. The van der Waals surface area contributed by atoms with Gasteiger partial charge in [-0.25, -0.2) is 0 Å². The van der Waals surface area contributed by atoms with Gasteiger partial charge in [0.2, 0.25) is 0 Å². The van der Waals surface area contributed by atoms with Crippen molar-refractivity contribution in [2.75, 3.05) is 6.54 Å². The Bertz CT molecular complexity index is 448. The molecule has 1 aromatic rings. The van der Waals surface area contributed by atoms with Crippen molar-refractivity contribution in [2.45, 2.75) is 51.5 Å². The van der Waals surface area contributed by atoms with Crippen LogP contribution in [0.3, 0.4) is 0 Å². The molecule has 0 spiro atoms. The van der Waals surface area contributed by atoms with E-state index in [0.29, 0.717) is 6.04 Å². The van der Waals surface area contributed by atoms with E-state index < -0.39 is 0 Å². The van der Waals surface area contributed by atoms with Gasteiger partial charge < -0.3 is 5.73 Å². The highest BCUT2D eigenvalue weighted by Gasteiger charge is 2.49. The normalized spacial score (nSPS) is 40.0. The summed E-state index contributed by atoms with van der Waals surface area (Å²) in [6.45, 7) is 2.97. The summed E-state index contributed by atoms with van der Waals surface area (Å²) in [4.78, 5) is 0. The van der Waals surface area contributed by atoms with Crippen molar-refractivity contribution >= 4 is 0 Å². The van der Waals surface area contributed by atoms with Gasteiger partial charge in [0, 0.05) is 5.69 Å². The number of rotatable bonds is 3. The van der Waals surface area contributed by atoms with Crippen LogP contribution in [0.1, 0.15) is 49.4 Å². The molecule has 0 aromatic carbocycles. The largest absolute Gasteiger partial charge is 0.330 e. The van der Waals surface area contributed by atoms with Gasteiger partial charge in [0.15, 0.2) is 0 Å². The lowest BCUT2D eigenvalue weighted by atomic mass is 9.54. The average Bonchev–Trinajstić information content (AvgIpc) is 2.71. The van der Waals surface area contributed by atoms with E-state index in [0.717, 1.165) is 36.6 Å². The Kier molecular flexibility index (Phi) is 2.73. The van der Waals surface area contributed by atoms with E-state index >= 15 is 0 Å². The summed E-state index contributed by atoms with van der Waals surface area (Å²) in [5.74, 6) is 3.89. The number of hydrogen-bond donors (Lipinski definition) is 1. The highest BCUT2D eigenvalue weighted by Crippen LogP contribution is 2.58. The Balaban J connectivity index is 1.65. The molecular formula is C16H25N3. The summed E-state index contributed by atoms with van der Waals surface area (Å²) >= 11 is 0. The Hall–Kier alpha value is -0.830. The molecular weight excluding hydrogens is 234 g/mol. The fourth-order valence-electron chi connectivity index (χ4n) is 5.46. The Morgan fingerprint density at radius 2 is 1.79 bits per heavy atom. The smallest absolute Gasteiger partial charge is 0.0579 e. The van der Waals surface area contributed by atoms with Crippen LogP contribution in [0.4, 0.5) is 0 Å². The van der Waals surface area contributed by atoms with Crippen molar-refractivity contribution in [3.8, 4) is 0 Å². The number of nitrogens with zero attached hydrogens (tertiary/aromatic N) is 2. The predicted octanol–water partition coefficient (Wildman–Crippen LogP) is 2.69. The van der Waals surface area contributed by atoms with Gasteiger partial charge in [0.05, 0.1) is 12.2 Å². The van der Waals surface area contributed by atoms with Crippen LogP contribution in [0.5, 0.6) is 0 Å². The maximum atomic E-state index is 5.70. The molecule has 4 fully saturated rings. The van der Waals surface area contributed by atoms with Crippen LogP contribution in [0, 0.1) is 30.6 Å². The Morgan fingerprint density at radius 3 is 2.37 bits per heavy atom. The first-order chi connectivity index (χ1) is 9.26. The second kappa shape index (κ2) is 4.34. The van der Waals surface area contributed by atoms with Crippen molar-refractivity contribution in [3.05, 3.63) is 17.5 Å². The molecule has 5 rings (SSSR count). The SMILES string of the molecule is Cc1c(CCN)cnn1C1C2CC3CC(C2)CC1C3. The van der Waals surface area contributed by atoms with E-state index in [2.05, 4.69) is 17.8 Å². The van der Waals surface area contributed by atoms with Gasteiger partial charge in [-0.3, -0.25) is 4.68 Å². The first-order valence-electron chi connectivity index (χ1n) is 7.99. The van der Waals surface area contributed by atoms with Gasteiger partial charge in [0.25, 0.3) is 0 Å². The second-order valence-corrected chi connectivity index (χ2v) is 7.16. The van der Waals surface area contributed by atoms with E-state index in [1.807, 2.05) is 0 Å². The lowest BCUT2D eigenvalue weighted by molar-refractivity contribution is -0.0344. The van der Waals surface area contributed by atoms with E-state index in [1.54, 1.807) is 0 Å². The zero-order valence-electron chi connectivity index (χ0n) is 11.9. The molecule has 4 saturated carbocycles. The maximum Gasteiger partial charge on any atom is 0.0579 e. The lowest BCUT2D eigenvalue weighted by Gasteiger charge is -2.54. The molecule has 0 saturated heterocycles. The van der Waals surface area contributed by atoms with Crippen LogP contribution < -0.4 is 5.73 Å². The highest BCUT2D eigenvalue weighted by atomic mass is 15.3. The van der Waals surface area contributed by atoms with Crippen LogP contribution in [-0.2, 0) is 6.42 Å². The van der Waals surface area contributed by atoms with Crippen LogP contribution >= 0.6 is 0 Å². The third-order valence-electron chi connectivity index (χ3n) is 6.02. The zero-order valence-corrected chi connectivity index (χ0v) is 11.9. The Morgan fingerprint density at radius 1 is 1.16 bits per heavy atom. The molecule has 104 valence electrons. The standard InChI is InChI=1S/C16H25N3/c1-10-13(2-3-17)9-18-19(10)16-14-5-11-4-12(7-14)8-15(16)6-11/h9,11-12,14-16H,2-8,17H2,1H3. The molecule has 4 bridgehead atoms. The topological polar surface area (TPSA) is 43.8 Å². The minimum absolute atomic E-state index is 0.694. The van der Waals surface area contributed by atoms with Crippen LogP contribution in [0.2, 0.25) is 0 Å². The summed E-state index contributed by atoms with van der Waals surface area (Å²) in [6.07, 6.45) is 10.4. The highest BCUT2D eigenvalue weighted by molar-refractivity contribution is 5.18. The molecule has 4 aliphatic carbocycles. The quantitative estimate of drug-likeness (QED) is 0.907. The zero-order chi connectivity index (χ0) is 13.0. The minimum atomic E-state index is 0.694. The average molecular weight is 259 g/mol. The van der Waals surface area contributed by atoms with Crippen LogP contribution in [0.25, 0.3) is 0 Å². The van der Waals surface area contributed by atoms with Gasteiger partial charge in [0.1, 0.15) is 0 Å². The van der Waals surface area contributed by atoms with Gasteiger partial charge in [-0.1, -0.05) is 0 Å². The van der Waals surface area contributed by atoms with Gasteiger partial charge in [-0.05, 0) is 81.2 Å². The van der Waals surface area contributed by atoms with Crippen LogP contribution in [-0.4, -0.2) is 16.3 Å². The van der Waals surface area contributed by atoms with Crippen molar-refractivity contribution in [3.63, 3.8) is 0 Å². The molecule has 0 atom stereocenters. The predicted molar refractivity (Wildman–Crippen MR) is 75.8 cm³/mol. The summed E-state index contributed by atoms with van der Waals surface area (Å²) in [7, 11) is 0. The van der Waals surface area contributed by atoms with Gasteiger partial charge >= 0.3 is 0 Å². The third-order valence-corrected chi connectivity index (χ3v) is 6.02. The number of hydrogen-bond acceptors (Lipinski definition) is 2. The van der Waals surface area contributed by atoms with E-state index in [1.165, 1.54) is 43.4 Å². The maximum absolute atomic E-state index is 5.70. The Labute approximate surface area is 115 Å². The van der Waals surface area contributed by atoms with Crippen molar-refractivity contribution < 1.29 is 0 Å². The second-order valence-electron chi connectivity index (χ2n) is 7.16. The molecule has 1 aromatic heterocycles. The molecule has 19 heavy (non-hydrogen) atoms. The monoisotopic (exact) mass is 259 g/mol. The molecule has 2 N–H and O–H groups in total. The fourth-order valence-corrected chi connectivity index (χ4v) is 5.46. The fraction of sp³-hybridized carbons (Fsp3) is 0.812. The molecule has 4 aliphatic rings. The molecule has 3 heteroatoms. The van der Waals surface area contributed by atoms with E-state index in [-0.39, 0.29) is 0 Å². The van der Waals surface area contributed by atoms with Crippen molar-refractivity contribution in [2.24, 2.45) is 29.4 Å². The van der Waals surface area contributed by atoms with E-state index in [4.69, 9.17) is 10.8 Å². The molecule has 0 unspecified atom stereocenters. The number of nitrogens with two attached hydrogens (primary N) is 1. The summed E-state index contributed by atoms with van der Waals surface area (Å²) < 4.78 is 2.37. The molecule has 0 amide bonds. The molecule has 0 radical (unpaired) electrons. The minimum Gasteiger partial charge on any atom is -0.330 e. The molecule has 0 aliphatic heterocycles. The van der Waals surface area contributed by atoms with Crippen LogP contribution in [0.15, 0.2) is 6.20 Å². The van der Waals surface area contributed by atoms with Gasteiger partial charge in [-0.15, -0.1) is 0 Å². The van der Waals surface area contributed by atoms with Crippen molar-refractivity contribution in [1.29, 1.82) is 0 Å². The first-order valence-corrected chi connectivity index (χ1v) is 7.99. The van der Waals surface area contributed by atoms with E-state index in [9.17, 15) is 0 Å². The summed E-state index contributed by atoms with van der Waals surface area (Å²) in [5.41, 5.74) is 8.43. The molecule has 3 nitrogen and oxygen atoms in total. The summed E-state index contributed by atoms with van der Waals surface area (Å²) in [5, 5.41) is 4.74. The summed E-state index contributed by atoms with van der Waals surface area (Å²) in [6, 6.07) is 0.694. The van der Waals surface area contributed by atoms with Crippen molar-refractivity contribution in [1.82, 2.24) is 9.78 Å². The molecule has 1 heterocycles. The third kappa shape index (κ3) is 1.78. The lowest BCUT2D eigenvalue weighted by Crippen LogP contribution is -2.46.